The van der Waals surface area contributed by atoms with Crippen molar-refractivity contribution in [2.24, 2.45) is 0 Å². The summed E-state index contributed by atoms with van der Waals surface area (Å²) >= 11 is 6.08. The molecule has 0 bridgehead atoms. The summed E-state index contributed by atoms with van der Waals surface area (Å²) in [7, 11) is 1.60. The first-order valence-electron chi connectivity index (χ1n) is 10.6. The number of aromatic nitrogens is 3. The molecule has 0 aliphatic rings. The molecule has 0 saturated carbocycles. The molecule has 2 aromatic heterocycles. The van der Waals surface area contributed by atoms with Gasteiger partial charge in [0, 0.05) is 36.1 Å². The van der Waals surface area contributed by atoms with Gasteiger partial charge in [-0.05, 0) is 54.1 Å². The number of hydrogen-bond acceptors (Lipinski definition) is 5. The lowest BCUT2D eigenvalue weighted by atomic mass is 10.1. The molecule has 7 nitrogen and oxygen atoms in total. The summed E-state index contributed by atoms with van der Waals surface area (Å²) in [4.78, 5) is 19.5. The molecule has 4 rings (SSSR count). The van der Waals surface area contributed by atoms with Crippen molar-refractivity contribution in [1.29, 1.82) is 5.26 Å². The highest BCUT2D eigenvalue weighted by molar-refractivity contribution is 6.30. The third kappa shape index (κ3) is 5.25. The van der Waals surface area contributed by atoms with Gasteiger partial charge in [-0.1, -0.05) is 29.8 Å². The first kappa shape index (κ1) is 23.0. The van der Waals surface area contributed by atoms with E-state index in [1.165, 1.54) is 0 Å². The third-order valence-electron chi connectivity index (χ3n) is 5.24. The van der Waals surface area contributed by atoms with Crippen LogP contribution in [0.2, 0.25) is 5.02 Å². The van der Waals surface area contributed by atoms with Crippen molar-refractivity contribution < 1.29 is 9.53 Å². The summed E-state index contributed by atoms with van der Waals surface area (Å²) < 4.78 is 6.95. The van der Waals surface area contributed by atoms with Gasteiger partial charge in [-0.3, -0.25) is 9.78 Å². The molecule has 1 amide bonds. The van der Waals surface area contributed by atoms with Crippen molar-refractivity contribution in [3.05, 3.63) is 95.4 Å². The van der Waals surface area contributed by atoms with Gasteiger partial charge in [-0.25, -0.2) is 4.68 Å². The summed E-state index contributed by atoms with van der Waals surface area (Å²) in [6.45, 7) is 0.610. The average molecular weight is 472 g/mol. The number of ether oxygens (including phenoxy) is 1. The Bertz CT molecular complexity index is 1310. The zero-order chi connectivity index (χ0) is 23.9. The van der Waals surface area contributed by atoms with Crippen LogP contribution in [0.5, 0.6) is 5.75 Å². The number of rotatable bonds is 8. The number of halogens is 1. The third-order valence-corrected chi connectivity index (χ3v) is 5.49. The van der Waals surface area contributed by atoms with Gasteiger partial charge in [-0.2, -0.15) is 10.4 Å². The van der Waals surface area contributed by atoms with Crippen LogP contribution in [0, 0.1) is 11.3 Å². The van der Waals surface area contributed by atoms with Crippen LogP contribution >= 0.6 is 11.6 Å². The molecule has 4 aromatic rings. The zero-order valence-electron chi connectivity index (χ0n) is 18.6. The Hall–Kier alpha value is -4.15. The van der Waals surface area contributed by atoms with Gasteiger partial charge in [0.15, 0.2) is 0 Å². The van der Waals surface area contributed by atoms with Gasteiger partial charge < -0.3 is 9.64 Å². The molecule has 0 N–H and O–H groups in total. The van der Waals surface area contributed by atoms with Crippen molar-refractivity contribution in [1.82, 2.24) is 19.7 Å². The summed E-state index contributed by atoms with van der Waals surface area (Å²) in [6.07, 6.45) is 3.61. The first-order chi connectivity index (χ1) is 16.6. The Morgan fingerprint density at radius 3 is 2.68 bits per heavy atom. The van der Waals surface area contributed by atoms with E-state index in [1.807, 2.05) is 48.5 Å². The molecule has 2 heterocycles. The molecule has 170 valence electrons. The predicted octanol–water partition coefficient (Wildman–Crippen LogP) is 5.15. The average Bonchev–Trinajstić information content (AvgIpc) is 3.33. The standard InChI is InChI=1S/C26H22ClN5O2/c1-34-23-7-2-6-20(15-23)24-16-25(32(30-24)22-10-8-21(27)9-11-22)26(33)31(14-4-12-28)18-19-5-3-13-29-17-19/h2-3,5-11,13,15-17H,4,14,18H2,1H3. The van der Waals surface area contributed by atoms with E-state index in [-0.39, 0.29) is 18.9 Å². The summed E-state index contributed by atoms with van der Waals surface area (Å²) in [5.41, 5.74) is 3.39. The number of nitrogens with zero attached hydrogens (tertiary/aromatic N) is 5. The maximum absolute atomic E-state index is 13.8. The van der Waals surface area contributed by atoms with Crippen LogP contribution < -0.4 is 4.74 Å². The molecule has 0 radical (unpaired) electrons. The number of methoxy groups -OCH3 is 1. The van der Waals surface area contributed by atoms with E-state index in [0.717, 1.165) is 11.1 Å². The van der Waals surface area contributed by atoms with Crippen molar-refractivity contribution in [2.45, 2.75) is 13.0 Å². The molecule has 0 aliphatic carbocycles. The second-order valence-corrected chi connectivity index (χ2v) is 7.97. The molecule has 2 aromatic carbocycles. The molecule has 0 atom stereocenters. The van der Waals surface area contributed by atoms with Gasteiger partial charge in [0.2, 0.25) is 0 Å². The second-order valence-electron chi connectivity index (χ2n) is 7.53. The number of amides is 1. The first-order valence-corrected chi connectivity index (χ1v) is 11.0. The molecule has 0 saturated heterocycles. The highest BCUT2D eigenvalue weighted by atomic mass is 35.5. The SMILES string of the molecule is COc1cccc(-c2cc(C(=O)N(CCC#N)Cc3cccnc3)n(-c3ccc(Cl)cc3)n2)c1. The van der Waals surface area contributed by atoms with Crippen LogP contribution in [-0.4, -0.2) is 39.2 Å². The lowest BCUT2D eigenvalue weighted by Crippen LogP contribution is -2.33. The quantitative estimate of drug-likeness (QED) is 0.354. The van der Waals surface area contributed by atoms with Crippen molar-refractivity contribution in [2.75, 3.05) is 13.7 Å². The second kappa shape index (κ2) is 10.6. The van der Waals surface area contributed by atoms with Gasteiger partial charge in [0.25, 0.3) is 5.91 Å². The maximum atomic E-state index is 13.8. The van der Waals surface area contributed by atoms with E-state index in [1.54, 1.807) is 47.3 Å². The molecule has 0 aliphatic heterocycles. The largest absolute Gasteiger partial charge is 0.497 e. The zero-order valence-corrected chi connectivity index (χ0v) is 19.3. The highest BCUT2D eigenvalue weighted by Gasteiger charge is 2.23. The number of benzene rings is 2. The fraction of sp³-hybridized carbons (Fsp3) is 0.154. The van der Waals surface area contributed by atoms with Gasteiger partial charge in [0.05, 0.1) is 31.0 Å². The van der Waals surface area contributed by atoms with E-state index >= 15 is 0 Å². The highest BCUT2D eigenvalue weighted by Crippen LogP contribution is 2.26. The number of hydrogen-bond donors (Lipinski definition) is 0. The monoisotopic (exact) mass is 471 g/mol. The Morgan fingerprint density at radius 2 is 1.97 bits per heavy atom. The lowest BCUT2D eigenvalue weighted by Gasteiger charge is -2.22. The minimum atomic E-state index is -0.240. The van der Waals surface area contributed by atoms with E-state index in [0.29, 0.717) is 34.4 Å². The van der Waals surface area contributed by atoms with Gasteiger partial charge in [0.1, 0.15) is 11.4 Å². The van der Waals surface area contributed by atoms with E-state index in [9.17, 15) is 4.79 Å². The number of nitriles is 1. The van der Waals surface area contributed by atoms with Crippen molar-refractivity contribution >= 4 is 17.5 Å². The van der Waals surface area contributed by atoms with Gasteiger partial charge in [-0.15, -0.1) is 0 Å². The van der Waals surface area contributed by atoms with E-state index in [4.69, 9.17) is 26.7 Å². The van der Waals surface area contributed by atoms with E-state index < -0.39 is 0 Å². The van der Waals surface area contributed by atoms with Crippen LogP contribution in [-0.2, 0) is 6.54 Å². The Balaban J connectivity index is 1.78. The minimum absolute atomic E-state index is 0.212. The Morgan fingerprint density at radius 1 is 1.15 bits per heavy atom. The molecule has 0 spiro atoms. The Labute approximate surface area is 202 Å². The molecule has 0 fully saturated rings. The molecule has 8 heteroatoms. The molecule has 34 heavy (non-hydrogen) atoms. The number of carbonyl (C=O) groups excluding carboxylic acids is 1. The summed E-state index contributed by atoms with van der Waals surface area (Å²) in [6, 6.07) is 22.2. The normalized spacial score (nSPS) is 10.5. The van der Waals surface area contributed by atoms with E-state index in [2.05, 4.69) is 11.1 Å². The van der Waals surface area contributed by atoms with Crippen molar-refractivity contribution in [3.63, 3.8) is 0 Å². The smallest absolute Gasteiger partial charge is 0.272 e. The number of pyridine rings is 1. The number of carbonyl (C=O) groups is 1. The van der Waals surface area contributed by atoms with Crippen LogP contribution in [0.3, 0.4) is 0 Å². The minimum Gasteiger partial charge on any atom is -0.497 e. The predicted molar refractivity (Wildman–Crippen MR) is 130 cm³/mol. The molecular weight excluding hydrogens is 450 g/mol. The maximum Gasteiger partial charge on any atom is 0.272 e. The Kier molecular flexibility index (Phi) is 7.21. The van der Waals surface area contributed by atoms with Crippen LogP contribution in [0.4, 0.5) is 0 Å². The summed E-state index contributed by atoms with van der Waals surface area (Å²) in [5, 5.41) is 14.5. The van der Waals surface area contributed by atoms with Crippen molar-refractivity contribution in [3.8, 4) is 28.8 Å². The van der Waals surface area contributed by atoms with Crippen LogP contribution in [0.1, 0.15) is 22.5 Å². The van der Waals surface area contributed by atoms with Crippen LogP contribution in [0.15, 0.2) is 79.1 Å². The summed E-state index contributed by atoms with van der Waals surface area (Å²) in [5.74, 6) is 0.453. The molecular formula is C26H22ClN5O2. The lowest BCUT2D eigenvalue weighted by molar-refractivity contribution is 0.0737. The fourth-order valence-corrected chi connectivity index (χ4v) is 3.67. The van der Waals surface area contributed by atoms with Crippen LogP contribution in [0.25, 0.3) is 16.9 Å². The topological polar surface area (TPSA) is 84.0 Å². The fourth-order valence-electron chi connectivity index (χ4n) is 3.55. The molecule has 0 unspecified atom stereocenters. The van der Waals surface area contributed by atoms with Gasteiger partial charge >= 0.3 is 0 Å².